The minimum Gasteiger partial charge on any atom is -0.464 e. The largest absolute Gasteiger partial charge is 0.464 e. The van der Waals surface area contributed by atoms with Crippen molar-refractivity contribution < 1.29 is 13.9 Å². The lowest BCUT2D eigenvalue weighted by molar-refractivity contribution is -0.150. The van der Waals surface area contributed by atoms with Crippen LogP contribution in [0.1, 0.15) is 19.8 Å². The van der Waals surface area contributed by atoms with Gasteiger partial charge in [0.15, 0.2) is 0 Å². The number of carbonyl (C=O) groups is 1. The Bertz CT molecular complexity index is 189. The summed E-state index contributed by atoms with van der Waals surface area (Å²) in [5.41, 5.74) is 0. The molecule has 3 heteroatoms. The number of ether oxygens (including phenoxy) is 1. The van der Waals surface area contributed by atoms with Crippen LogP contribution < -0.4 is 0 Å². The van der Waals surface area contributed by atoms with Gasteiger partial charge < -0.3 is 4.74 Å². The molecule has 0 saturated heterocycles. The van der Waals surface area contributed by atoms with Gasteiger partial charge in [-0.1, -0.05) is 12.2 Å². The Balaban J connectivity index is 2.40. The molecule has 0 radical (unpaired) electrons. The third-order valence-corrected chi connectivity index (χ3v) is 1.94. The lowest BCUT2D eigenvalue weighted by Crippen LogP contribution is -2.25. The number of halogens is 1. The highest BCUT2D eigenvalue weighted by Gasteiger charge is 2.28. The molecule has 68 valence electrons. The van der Waals surface area contributed by atoms with Crippen molar-refractivity contribution in [3.8, 4) is 0 Å². The van der Waals surface area contributed by atoms with Crippen LogP contribution in [0.4, 0.5) is 4.39 Å². The zero-order valence-corrected chi connectivity index (χ0v) is 7.13. The number of esters is 1. The first-order valence-electron chi connectivity index (χ1n) is 4.23. The molecule has 0 saturated carbocycles. The molecule has 0 spiro atoms. The smallest absolute Gasteiger partial charge is 0.341 e. The number of rotatable bonds is 3. The molecule has 0 amide bonds. The van der Waals surface area contributed by atoms with E-state index in [-0.39, 0.29) is 12.5 Å². The van der Waals surface area contributed by atoms with Gasteiger partial charge in [-0.2, -0.15) is 0 Å². The van der Waals surface area contributed by atoms with Gasteiger partial charge in [0.2, 0.25) is 6.17 Å². The van der Waals surface area contributed by atoms with Gasteiger partial charge in [-0.25, -0.2) is 9.18 Å². The molecule has 0 aromatic heterocycles. The van der Waals surface area contributed by atoms with Gasteiger partial charge >= 0.3 is 5.97 Å². The van der Waals surface area contributed by atoms with E-state index in [2.05, 4.69) is 4.74 Å². The number of hydrogen-bond acceptors (Lipinski definition) is 2. The van der Waals surface area contributed by atoms with Crippen LogP contribution in [0.5, 0.6) is 0 Å². The first-order chi connectivity index (χ1) is 5.75. The van der Waals surface area contributed by atoms with Crippen molar-refractivity contribution in [2.45, 2.75) is 25.9 Å². The minimum atomic E-state index is -1.47. The Morgan fingerprint density at radius 3 is 3.08 bits per heavy atom. The summed E-state index contributed by atoms with van der Waals surface area (Å²) in [6.45, 7) is 1.92. The van der Waals surface area contributed by atoms with Crippen molar-refractivity contribution in [3.05, 3.63) is 12.2 Å². The molecule has 2 nitrogen and oxygen atoms in total. The Morgan fingerprint density at radius 2 is 2.58 bits per heavy atom. The SMILES string of the molecule is CCOC(=O)C(F)[C@@H]1C=CCC1. The van der Waals surface area contributed by atoms with Crippen molar-refractivity contribution >= 4 is 5.97 Å². The van der Waals surface area contributed by atoms with Crippen LogP contribution in [-0.2, 0) is 9.53 Å². The van der Waals surface area contributed by atoms with Crippen molar-refractivity contribution in [3.63, 3.8) is 0 Å². The maximum Gasteiger partial charge on any atom is 0.341 e. The van der Waals surface area contributed by atoms with E-state index >= 15 is 0 Å². The van der Waals surface area contributed by atoms with Crippen molar-refractivity contribution in [2.75, 3.05) is 6.61 Å². The fourth-order valence-electron chi connectivity index (χ4n) is 1.30. The summed E-state index contributed by atoms with van der Waals surface area (Å²) >= 11 is 0. The van der Waals surface area contributed by atoms with Gasteiger partial charge in [-0.15, -0.1) is 0 Å². The maximum atomic E-state index is 13.2. The first-order valence-corrected chi connectivity index (χ1v) is 4.23. The second-order valence-electron chi connectivity index (χ2n) is 2.82. The molecule has 1 unspecified atom stereocenters. The van der Waals surface area contributed by atoms with Crippen LogP contribution in [-0.4, -0.2) is 18.7 Å². The highest BCUT2D eigenvalue weighted by Crippen LogP contribution is 2.23. The summed E-state index contributed by atoms with van der Waals surface area (Å²) in [5, 5.41) is 0. The molecule has 0 bridgehead atoms. The topological polar surface area (TPSA) is 26.3 Å². The summed E-state index contributed by atoms with van der Waals surface area (Å²) < 4.78 is 17.7. The fourth-order valence-corrected chi connectivity index (χ4v) is 1.30. The molecule has 0 aliphatic heterocycles. The van der Waals surface area contributed by atoms with Crippen LogP contribution in [0.25, 0.3) is 0 Å². The summed E-state index contributed by atoms with van der Waals surface area (Å²) in [5.74, 6) is -0.988. The Labute approximate surface area is 71.4 Å². The van der Waals surface area contributed by atoms with Gasteiger partial charge in [0.1, 0.15) is 0 Å². The summed E-state index contributed by atoms with van der Waals surface area (Å²) in [4.78, 5) is 10.9. The van der Waals surface area contributed by atoms with Crippen LogP contribution in [0.3, 0.4) is 0 Å². The monoisotopic (exact) mass is 172 g/mol. The molecule has 1 rings (SSSR count). The molecule has 1 aliphatic carbocycles. The van der Waals surface area contributed by atoms with E-state index in [1.165, 1.54) is 0 Å². The average Bonchev–Trinajstić information content (AvgIpc) is 2.55. The molecule has 0 N–H and O–H groups in total. The fraction of sp³-hybridized carbons (Fsp3) is 0.667. The highest BCUT2D eigenvalue weighted by molar-refractivity contribution is 5.75. The second-order valence-corrected chi connectivity index (χ2v) is 2.82. The van der Waals surface area contributed by atoms with Gasteiger partial charge in [-0.05, 0) is 19.8 Å². The average molecular weight is 172 g/mol. The van der Waals surface area contributed by atoms with E-state index < -0.39 is 12.1 Å². The molecule has 0 aromatic carbocycles. The van der Waals surface area contributed by atoms with Gasteiger partial charge in [0.05, 0.1) is 6.61 Å². The van der Waals surface area contributed by atoms with Crippen LogP contribution in [0.2, 0.25) is 0 Å². The quantitative estimate of drug-likeness (QED) is 0.479. The Morgan fingerprint density at radius 1 is 1.83 bits per heavy atom. The number of hydrogen-bond donors (Lipinski definition) is 0. The summed E-state index contributed by atoms with van der Waals surface area (Å²) in [6, 6.07) is 0. The second kappa shape index (κ2) is 4.24. The Hall–Kier alpha value is -0.860. The molecular weight excluding hydrogens is 159 g/mol. The maximum absolute atomic E-state index is 13.2. The van der Waals surface area contributed by atoms with Gasteiger partial charge in [0.25, 0.3) is 0 Å². The normalized spacial score (nSPS) is 24.0. The molecule has 0 fully saturated rings. The van der Waals surface area contributed by atoms with Gasteiger partial charge in [0, 0.05) is 5.92 Å². The molecule has 12 heavy (non-hydrogen) atoms. The third kappa shape index (κ3) is 2.06. The lowest BCUT2D eigenvalue weighted by atomic mass is 10.0. The molecule has 2 atom stereocenters. The van der Waals surface area contributed by atoms with E-state index in [1.54, 1.807) is 13.0 Å². The number of alkyl halides is 1. The van der Waals surface area contributed by atoms with E-state index in [1.807, 2.05) is 6.08 Å². The van der Waals surface area contributed by atoms with E-state index in [0.717, 1.165) is 12.8 Å². The predicted molar refractivity (Wildman–Crippen MR) is 43.4 cm³/mol. The molecular formula is C9H13FO2. The van der Waals surface area contributed by atoms with Crippen molar-refractivity contribution in [2.24, 2.45) is 5.92 Å². The zero-order chi connectivity index (χ0) is 8.97. The van der Waals surface area contributed by atoms with Crippen LogP contribution in [0, 0.1) is 5.92 Å². The third-order valence-electron chi connectivity index (χ3n) is 1.94. The predicted octanol–water partition coefficient (Wildman–Crippen LogP) is 1.85. The first kappa shape index (κ1) is 9.23. The van der Waals surface area contributed by atoms with Crippen LogP contribution in [0.15, 0.2) is 12.2 Å². The van der Waals surface area contributed by atoms with Gasteiger partial charge in [-0.3, -0.25) is 0 Å². The Kier molecular flexibility index (Phi) is 3.26. The lowest BCUT2D eigenvalue weighted by Gasteiger charge is -2.11. The standard InChI is InChI=1S/C9H13FO2/c1-2-12-9(11)8(10)7-5-3-4-6-7/h3,5,7-8H,2,4,6H2,1H3/t7-,8?/m1/s1. The minimum absolute atomic E-state index is 0.246. The van der Waals surface area contributed by atoms with Crippen LogP contribution >= 0.6 is 0 Å². The van der Waals surface area contributed by atoms with Crippen molar-refractivity contribution in [1.29, 1.82) is 0 Å². The molecule has 0 heterocycles. The number of allylic oxidation sites excluding steroid dienone is 2. The molecule has 0 aromatic rings. The summed E-state index contributed by atoms with van der Waals surface area (Å²) in [7, 11) is 0. The summed E-state index contributed by atoms with van der Waals surface area (Å²) in [6.07, 6.45) is 3.77. The highest BCUT2D eigenvalue weighted by atomic mass is 19.1. The van der Waals surface area contributed by atoms with E-state index in [0.29, 0.717) is 0 Å². The van der Waals surface area contributed by atoms with Crippen molar-refractivity contribution in [1.82, 2.24) is 0 Å². The van der Waals surface area contributed by atoms with E-state index in [9.17, 15) is 9.18 Å². The number of carbonyl (C=O) groups excluding carboxylic acids is 1. The zero-order valence-electron chi connectivity index (χ0n) is 7.13. The van der Waals surface area contributed by atoms with E-state index in [4.69, 9.17) is 0 Å². The molecule has 1 aliphatic rings.